The van der Waals surface area contributed by atoms with Crippen LogP contribution in [-0.2, 0) is 6.54 Å². The molecule has 31 heavy (non-hydrogen) atoms. The van der Waals surface area contributed by atoms with Crippen molar-refractivity contribution in [3.05, 3.63) is 23.8 Å². The van der Waals surface area contributed by atoms with Gasteiger partial charge in [0.05, 0.1) is 14.2 Å². The molecule has 1 heterocycles. The smallest absolute Gasteiger partial charge is 0.193 e. The number of hydrogen-bond donors (Lipinski definition) is 1. The van der Waals surface area contributed by atoms with E-state index in [0.29, 0.717) is 12.5 Å². The highest BCUT2D eigenvalue weighted by atomic mass is 127. The number of rotatable bonds is 10. The Hall–Kier alpha value is -1.26. The van der Waals surface area contributed by atoms with Gasteiger partial charge in [0.1, 0.15) is 11.5 Å². The minimum atomic E-state index is 0. The number of benzene rings is 1. The summed E-state index contributed by atoms with van der Waals surface area (Å²) in [6.45, 7) is 16.0. The van der Waals surface area contributed by atoms with Crippen LogP contribution in [0.1, 0.15) is 26.3 Å². The summed E-state index contributed by atoms with van der Waals surface area (Å²) in [5.41, 5.74) is 1.10. The first kappa shape index (κ1) is 27.8. The van der Waals surface area contributed by atoms with Crippen LogP contribution in [0, 0.1) is 5.92 Å². The molecule has 0 bridgehead atoms. The average molecular weight is 548 g/mol. The molecule has 1 fully saturated rings. The topological polar surface area (TPSA) is 52.6 Å². The number of nitrogens with zero attached hydrogens (tertiary/aromatic N) is 4. The van der Waals surface area contributed by atoms with E-state index in [2.05, 4.69) is 53.9 Å². The number of hydrogen-bond acceptors (Lipinski definition) is 5. The molecule has 0 amide bonds. The first-order valence-corrected chi connectivity index (χ1v) is 11.2. The lowest BCUT2D eigenvalue weighted by molar-refractivity contribution is 0.125. The van der Waals surface area contributed by atoms with E-state index in [-0.39, 0.29) is 24.0 Å². The van der Waals surface area contributed by atoms with Crippen molar-refractivity contribution in [3.8, 4) is 11.5 Å². The molecule has 1 atom stereocenters. The first-order chi connectivity index (χ1) is 14.5. The van der Waals surface area contributed by atoms with E-state index in [1.54, 1.807) is 14.2 Å². The molecule has 0 radical (unpaired) electrons. The number of aliphatic imine (C=N–C) groups is 1. The molecule has 1 aromatic rings. The van der Waals surface area contributed by atoms with E-state index in [9.17, 15) is 0 Å². The van der Waals surface area contributed by atoms with Gasteiger partial charge >= 0.3 is 0 Å². The van der Waals surface area contributed by atoms with E-state index in [1.807, 2.05) is 12.1 Å². The number of halogens is 1. The van der Waals surface area contributed by atoms with Gasteiger partial charge in [-0.2, -0.15) is 0 Å². The van der Waals surface area contributed by atoms with Gasteiger partial charge in [0.25, 0.3) is 0 Å². The second kappa shape index (κ2) is 14.7. The second-order valence-electron chi connectivity index (χ2n) is 8.07. The maximum Gasteiger partial charge on any atom is 0.193 e. The molecule has 0 aliphatic carbocycles. The van der Waals surface area contributed by atoms with E-state index >= 15 is 0 Å². The zero-order valence-electron chi connectivity index (χ0n) is 20.2. The maximum absolute atomic E-state index is 5.55. The third kappa shape index (κ3) is 9.02. The third-order valence-corrected chi connectivity index (χ3v) is 5.63. The number of likely N-dealkylation sites (N-methyl/N-ethyl adjacent to an activating group) is 1. The molecule has 1 N–H and O–H groups in total. The SMILES string of the molecule is CCNC(=NCC(C)CN1CCN(CC)CC1)N(C)Cc1ccc(OC)cc1OC.I. The molecule has 0 aromatic heterocycles. The molecule has 7 nitrogen and oxygen atoms in total. The fraction of sp³-hybridized carbons (Fsp3) is 0.696. The van der Waals surface area contributed by atoms with Crippen molar-refractivity contribution in [2.24, 2.45) is 10.9 Å². The zero-order chi connectivity index (χ0) is 21.9. The van der Waals surface area contributed by atoms with Crippen molar-refractivity contribution >= 4 is 29.9 Å². The summed E-state index contributed by atoms with van der Waals surface area (Å²) >= 11 is 0. The van der Waals surface area contributed by atoms with E-state index in [1.165, 1.54) is 26.2 Å². The Morgan fingerprint density at radius 1 is 1.13 bits per heavy atom. The van der Waals surface area contributed by atoms with Crippen LogP contribution >= 0.6 is 24.0 Å². The molecule has 1 unspecified atom stereocenters. The lowest BCUT2D eigenvalue weighted by Crippen LogP contribution is -2.47. The van der Waals surface area contributed by atoms with Crippen molar-refractivity contribution < 1.29 is 9.47 Å². The fourth-order valence-electron chi connectivity index (χ4n) is 3.81. The molecular weight excluding hydrogens is 505 g/mol. The first-order valence-electron chi connectivity index (χ1n) is 11.2. The van der Waals surface area contributed by atoms with E-state index in [4.69, 9.17) is 14.5 Å². The van der Waals surface area contributed by atoms with Gasteiger partial charge in [0.2, 0.25) is 0 Å². The van der Waals surface area contributed by atoms with Gasteiger partial charge in [0, 0.05) is 71.0 Å². The number of ether oxygens (including phenoxy) is 2. The predicted octanol–water partition coefficient (Wildman–Crippen LogP) is 2.99. The average Bonchev–Trinajstić information content (AvgIpc) is 2.77. The van der Waals surface area contributed by atoms with Crippen molar-refractivity contribution in [1.82, 2.24) is 20.0 Å². The van der Waals surface area contributed by atoms with Gasteiger partial charge in [-0.15, -0.1) is 24.0 Å². The molecule has 2 rings (SSSR count). The summed E-state index contributed by atoms with van der Waals surface area (Å²) in [7, 11) is 5.43. The van der Waals surface area contributed by atoms with Crippen LogP contribution in [-0.4, -0.2) is 94.3 Å². The summed E-state index contributed by atoms with van der Waals surface area (Å²) in [4.78, 5) is 12.2. The van der Waals surface area contributed by atoms with E-state index < -0.39 is 0 Å². The molecule has 1 saturated heterocycles. The molecule has 0 spiro atoms. The summed E-state index contributed by atoms with van der Waals surface area (Å²) < 4.78 is 10.9. The summed E-state index contributed by atoms with van der Waals surface area (Å²) in [6, 6.07) is 5.94. The Morgan fingerprint density at radius 3 is 2.39 bits per heavy atom. The monoisotopic (exact) mass is 547 g/mol. The number of methoxy groups -OCH3 is 2. The minimum absolute atomic E-state index is 0. The fourth-order valence-corrected chi connectivity index (χ4v) is 3.81. The van der Waals surface area contributed by atoms with Crippen LogP contribution in [0.2, 0.25) is 0 Å². The molecule has 8 heteroatoms. The Balaban J connectivity index is 0.00000480. The van der Waals surface area contributed by atoms with Crippen LogP contribution in [0.5, 0.6) is 11.5 Å². The Labute approximate surface area is 206 Å². The third-order valence-electron chi connectivity index (χ3n) is 5.63. The molecule has 1 aliphatic heterocycles. The van der Waals surface area contributed by atoms with Crippen LogP contribution in [0.4, 0.5) is 0 Å². The minimum Gasteiger partial charge on any atom is -0.497 e. The van der Waals surface area contributed by atoms with Crippen molar-refractivity contribution in [2.45, 2.75) is 27.3 Å². The van der Waals surface area contributed by atoms with Gasteiger partial charge in [0.15, 0.2) is 5.96 Å². The number of nitrogens with one attached hydrogen (secondary N) is 1. The Morgan fingerprint density at radius 2 is 1.81 bits per heavy atom. The molecule has 178 valence electrons. The highest BCUT2D eigenvalue weighted by molar-refractivity contribution is 14.0. The van der Waals surface area contributed by atoms with E-state index in [0.717, 1.165) is 49.2 Å². The van der Waals surface area contributed by atoms with Crippen LogP contribution in [0.15, 0.2) is 23.2 Å². The standard InChI is InChI=1S/C23H41N5O2.HI/c1-7-24-23(25-16-19(3)17-28-13-11-27(8-2)12-14-28)26(4)18-20-9-10-21(29-5)15-22(20)30-6;/h9-10,15,19H,7-8,11-14,16-18H2,1-6H3,(H,24,25);1H. The quantitative estimate of drug-likeness (QED) is 0.276. The Kier molecular flexibility index (Phi) is 13.2. The number of piperazine rings is 1. The summed E-state index contributed by atoms with van der Waals surface area (Å²) in [5.74, 6) is 3.08. The van der Waals surface area contributed by atoms with Crippen LogP contribution in [0.25, 0.3) is 0 Å². The molecule has 1 aromatic carbocycles. The second-order valence-corrected chi connectivity index (χ2v) is 8.07. The summed E-state index contributed by atoms with van der Waals surface area (Å²) in [5, 5.41) is 3.43. The zero-order valence-corrected chi connectivity index (χ0v) is 22.5. The van der Waals surface area contributed by atoms with Crippen molar-refractivity contribution in [3.63, 3.8) is 0 Å². The van der Waals surface area contributed by atoms with Crippen LogP contribution < -0.4 is 14.8 Å². The molecule has 0 saturated carbocycles. The highest BCUT2D eigenvalue weighted by Crippen LogP contribution is 2.25. The van der Waals surface area contributed by atoms with Crippen molar-refractivity contribution in [2.75, 3.05) is 73.6 Å². The highest BCUT2D eigenvalue weighted by Gasteiger charge is 2.18. The number of guanidine groups is 1. The van der Waals surface area contributed by atoms with Gasteiger partial charge < -0.3 is 29.5 Å². The largest absolute Gasteiger partial charge is 0.497 e. The maximum atomic E-state index is 5.55. The normalized spacial score (nSPS) is 16.4. The summed E-state index contributed by atoms with van der Waals surface area (Å²) in [6.07, 6.45) is 0. The van der Waals surface area contributed by atoms with Gasteiger partial charge in [-0.05, 0) is 31.5 Å². The van der Waals surface area contributed by atoms with Crippen LogP contribution in [0.3, 0.4) is 0 Å². The molecule has 1 aliphatic rings. The predicted molar refractivity (Wildman–Crippen MR) is 140 cm³/mol. The molecular formula is C23H42IN5O2. The van der Waals surface area contributed by atoms with Gasteiger partial charge in [-0.1, -0.05) is 13.8 Å². The lowest BCUT2D eigenvalue weighted by atomic mass is 10.1. The van der Waals surface area contributed by atoms with Gasteiger partial charge in [-0.3, -0.25) is 4.99 Å². The lowest BCUT2D eigenvalue weighted by Gasteiger charge is -2.35. The Bertz CT molecular complexity index is 665. The van der Waals surface area contributed by atoms with Crippen molar-refractivity contribution in [1.29, 1.82) is 0 Å². The van der Waals surface area contributed by atoms with Gasteiger partial charge in [-0.25, -0.2) is 0 Å².